The van der Waals surface area contributed by atoms with E-state index in [1.165, 1.54) is 0 Å². The van der Waals surface area contributed by atoms with Crippen molar-refractivity contribution in [1.82, 2.24) is 4.98 Å². The van der Waals surface area contributed by atoms with Crippen LogP contribution in [0.2, 0.25) is 0 Å². The van der Waals surface area contributed by atoms with Gasteiger partial charge in [0.2, 0.25) is 5.88 Å². The van der Waals surface area contributed by atoms with Gasteiger partial charge in [-0.2, -0.15) is 0 Å². The summed E-state index contributed by atoms with van der Waals surface area (Å²) in [5.74, 6) is 1.39. The summed E-state index contributed by atoms with van der Waals surface area (Å²) >= 11 is 0. The zero-order valence-electron chi connectivity index (χ0n) is 9.97. The maximum Gasteiger partial charge on any atom is 0.222 e. The highest BCUT2D eigenvalue weighted by molar-refractivity contribution is 5.37. The number of hydrogen-bond donors (Lipinski definition) is 1. The smallest absolute Gasteiger partial charge is 0.222 e. The molecule has 1 aromatic carbocycles. The minimum absolute atomic E-state index is 0.00150. The Bertz CT molecular complexity index is 523. The van der Waals surface area contributed by atoms with Crippen LogP contribution in [0.5, 0.6) is 11.6 Å². The minimum Gasteiger partial charge on any atom is -0.438 e. The highest BCUT2D eigenvalue weighted by Crippen LogP contribution is 2.25. The van der Waals surface area contributed by atoms with Crippen LogP contribution in [0.4, 0.5) is 0 Å². The number of aryl methyl sites for hydroxylation is 2. The summed E-state index contributed by atoms with van der Waals surface area (Å²) in [5, 5.41) is 9.01. The second-order valence-electron chi connectivity index (χ2n) is 3.99. The van der Waals surface area contributed by atoms with Gasteiger partial charge in [0, 0.05) is 11.8 Å². The van der Waals surface area contributed by atoms with E-state index < -0.39 is 0 Å². The Morgan fingerprint density at radius 1 is 1.18 bits per heavy atom. The Balaban J connectivity index is 2.28. The fraction of sp³-hybridized carbons (Fsp3) is 0.214. The third kappa shape index (κ3) is 2.63. The molecule has 0 atom stereocenters. The predicted octanol–water partition coefficient (Wildman–Crippen LogP) is 2.98. The van der Waals surface area contributed by atoms with Gasteiger partial charge in [-0.05, 0) is 37.1 Å². The van der Waals surface area contributed by atoms with Gasteiger partial charge in [0.05, 0.1) is 6.61 Å². The Kier molecular flexibility index (Phi) is 3.40. The van der Waals surface area contributed by atoms with E-state index in [2.05, 4.69) is 4.98 Å². The van der Waals surface area contributed by atoms with Gasteiger partial charge < -0.3 is 9.84 Å². The van der Waals surface area contributed by atoms with Crippen molar-refractivity contribution in [2.45, 2.75) is 20.5 Å². The molecule has 3 heteroatoms. The maximum atomic E-state index is 9.01. The van der Waals surface area contributed by atoms with Crippen molar-refractivity contribution in [3.63, 3.8) is 0 Å². The molecule has 1 aromatic heterocycles. The second-order valence-corrected chi connectivity index (χ2v) is 3.99. The standard InChI is InChI=1S/C14H15NO2/c1-10-5-3-4-6-13(10)17-14-11(2)7-12(9-16)8-15-14/h3-8,16H,9H2,1-2H3. The topological polar surface area (TPSA) is 42.4 Å². The normalized spacial score (nSPS) is 10.3. The van der Waals surface area contributed by atoms with E-state index in [0.29, 0.717) is 5.88 Å². The number of benzene rings is 1. The second kappa shape index (κ2) is 4.97. The van der Waals surface area contributed by atoms with Crippen molar-refractivity contribution >= 4 is 0 Å². The molecule has 0 spiro atoms. The lowest BCUT2D eigenvalue weighted by atomic mass is 10.2. The van der Waals surface area contributed by atoms with Crippen molar-refractivity contribution in [3.05, 3.63) is 53.2 Å². The van der Waals surface area contributed by atoms with Gasteiger partial charge in [0.1, 0.15) is 5.75 Å². The molecule has 0 aliphatic carbocycles. The summed E-state index contributed by atoms with van der Waals surface area (Å²) in [6.07, 6.45) is 1.63. The Morgan fingerprint density at radius 2 is 1.94 bits per heavy atom. The van der Waals surface area contributed by atoms with Gasteiger partial charge in [0.15, 0.2) is 0 Å². The number of pyridine rings is 1. The molecule has 0 radical (unpaired) electrons. The molecule has 0 aliphatic rings. The quantitative estimate of drug-likeness (QED) is 0.879. The van der Waals surface area contributed by atoms with E-state index in [4.69, 9.17) is 9.84 Å². The highest BCUT2D eigenvalue weighted by atomic mass is 16.5. The lowest BCUT2D eigenvalue weighted by Gasteiger charge is -2.10. The predicted molar refractivity (Wildman–Crippen MR) is 66.1 cm³/mol. The number of nitrogens with zero attached hydrogens (tertiary/aromatic N) is 1. The largest absolute Gasteiger partial charge is 0.438 e. The molecule has 0 amide bonds. The first-order valence-electron chi connectivity index (χ1n) is 5.50. The Hall–Kier alpha value is -1.87. The van der Waals surface area contributed by atoms with Crippen LogP contribution >= 0.6 is 0 Å². The number of hydrogen-bond acceptors (Lipinski definition) is 3. The first-order valence-corrected chi connectivity index (χ1v) is 5.50. The van der Waals surface area contributed by atoms with Crippen LogP contribution in [0.15, 0.2) is 36.5 Å². The van der Waals surface area contributed by atoms with E-state index in [0.717, 1.165) is 22.4 Å². The molecule has 0 unspecified atom stereocenters. The number of ether oxygens (including phenoxy) is 1. The zero-order chi connectivity index (χ0) is 12.3. The summed E-state index contributed by atoms with van der Waals surface area (Å²) in [7, 11) is 0. The first kappa shape index (κ1) is 11.6. The van der Waals surface area contributed by atoms with Gasteiger partial charge in [-0.15, -0.1) is 0 Å². The lowest BCUT2D eigenvalue weighted by molar-refractivity contribution is 0.281. The summed E-state index contributed by atoms with van der Waals surface area (Å²) in [6.45, 7) is 3.91. The lowest BCUT2D eigenvalue weighted by Crippen LogP contribution is -1.95. The van der Waals surface area contributed by atoms with Crippen LogP contribution in [0, 0.1) is 13.8 Å². The van der Waals surface area contributed by atoms with Gasteiger partial charge in [-0.25, -0.2) is 4.98 Å². The first-order chi connectivity index (χ1) is 8.20. The summed E-state index contributed by atoms with van der Waals surface area (Å²) in [4.78, 5) is 4.20. The number of rotatable bonds is 3. The van der Waals surface area contributed by atoms with Crippen LogP contribution in [-0.4, -0.2) is 10.1 Å². The van der Waals surface area contributed by atoms with E-state index in [-0.39, 0.29) is 6.61 Å². The summed E-state index contributed by atoms with van der Waals surface area (Å²) in [6, 6.07) is 9.68. The molecule has 0 saturated carbocycles. The monoisotopic (exact) mass is 229 g/mol. The van der Waals surface area contributed by atoms with Gasteiger partial charge in [-0.1, -0.05) is 18.2 Å². The summed E-state index contributed by atoms with van der Waals surface area (Å²) in [5.41, 5.74) is 2.78. The average molecular weight is 229 g/mol. The molecule has 0 aliphatic heterocycles. The van der Waals surface area contributed by atoms with E-state index in [9.17, 15) is 0 Å². The number of para-hydroxylation sites is 1. The molecule has 17 heavy (non-hydrogen) atoms. The number of aliphatic hydroxyl groups excluding tert-OH is 1. The van der Waals surface area contributed by atoms with E-state index in [1.807, 2.05) is 44.2 Å². The molecule has 1 heterocycles. The van der Waals surface area contributed by atoms with Crippen LogP contribution in [0.1, 0.15) is 16.7 Å². The molecular formula is C14H15NO2. The van der Waals surface area contributed by atoms with Crippen molar-refractivity contribution in [1.29, 1.82) is 0 Å². The fourth-order valence-electron chi connectivity index (χ4n) is 1.59. The third-order valence-electron chi connectivity index (χ3n) is 2.57. The Labute approximate surface area is 101 Å². The van der Waals surface area contributed by atoms with Crippen LogP contribution in [0.3, 0.4) is 0 Å². The van der Waals surface area contributed by atoms with Gasteiger partial charge in [0.25, 0.3) is 0 Å². The van der Waals surface area contributed by atoms with Crippen LogP contribution < -0.4 is 4.74 Å². The molecule has 0 saturated heterocycles. The summed E-state index contributed by atoms with van der Waals surface area (Å²) < 4.78 is 5.75. The maximum absolute atomic E-state index is 9.01. The molecule has 2 rings (SSSR count). The van der Waals surface area contributed by atoms with Crippen molar-refractivity contribution in [2.24, 2.45) is 0 Å². The zero-order valence-corrected chi connectivity index (χ0v) is 9.97. The minimum atomic E-state index is -0.00150. The van der Waals surface area contributed by atoms with Crippen LogP contribution in [-0.2, 0) is 6.61 Å². The molecule has 2 aromatic rings. The SMILES string of the molecule is Cc1ccccc1Oc1ncc(CO)cc1C. The van der Waals surface area contributed by atoms with Crippen LogP contribution in [0.25, 0.3) is 0 Å². The number of aliphatic hydroxyl groups is 1. The molecule has 3 nitrogen and oxygen atoms in total. The molecule has 0 bridgehead atoms. The van der Waals surface area contributed by atoms with Crippen molar-refractivity contribution < 1.29 is 9.84 Å². The van der Waals surface area contributed by atoms with Crippen molar-refractivity contribution in [2.75, 3.05) is 0 Å². The average Bonchev–Trinajstić information content (AvgIpc) is 2.34. The van der Waals surface area contributed by atoms with Gasteiger partial charge >= 0.3 is 0 Å². The van der Waals surface area contributed by atoms with E-state index >= 15 is 0 Å². The highest BCUT2D eigenvalue weighted by Gasteiger charge is 2.05. The molecule has 1 N–H and O–H groups in total. The Morgan fingerprint density at radius 3 is 2.59 bits per heavy atom. The van der Waals surface area contributed by atoms with Gasteiger partial charge in [-0.3, -0.25) is 0 Å². The molecule has 88 valence electrons. The molecular weight excluding hydrogens is 214 g/mol. The third-order valence-corrected chi connectivity index (χ3v) is 2.57. The number of aromatic nitrogens is 1. The molecule has 0 fully saturated rings. The fourth-order valence-corrected chi connectivity index (χ4v) is 1.59. The van der Waals surface area contributed by atoms with E-state index in [1.54, 1.807) is 6.20 Å². The van der Waals surface area contributed by atoms with Crippen molar-refractivity contribution in [3.8, 4) is 11.6 Å².